The Hall–Kier alpha value is -2.09. The van der Waals surface area contributed by atoms with Gasteiger partial charge in [0.25, 0.3) is 5.56 Å². The molecule has 0 bridgehead atoms. The van der Waals surface area contributed by atoms with Crippen molar-refractivity contribution in [2.24, 2.45) is 0 Å². The van der Waals surface area contributed by atoms with Crippen LogP contribution in [-0.4, -0.2) is 28.5 Å². The Morgan fingerprint density at radius 3 is 2.78 bits per heavy atom. The molecule has 1 aliphatic carbocycles. The quantitative estimate of drug-likeness (QED) is 0.785. The van der Waals surface area contributed by atoms with Gasteiger partial charge < -0.3 is 9.47 Å². The summed E-state index contributed by atoms with van der Waals surface area (Å²) in [5, 5.41) is 8.82. The van der Waals surface area contributed by atoms with Crippen molar-refractivity contribution in [1.82, 2.24) is 9.47 Å². The molecule has 0 aromatic carbocycles. The second-order valence-electron chi connectivity index (χ2n) is 4.63. The van der Waals surface area contributed by atoms with Crippen molar-refractivity contribution >= 4 is 5.91 Å². The van der Waals surface area contributed by atoms with E-state index in [1.165, 1.54) is 10.6 Å². The highest BCUT2D eigenvalue weighted by atomic mass is 16.2. The van der Waals surface area contributed by atoms with Crippen LogP contribution in [0.5, 0.6) is 0 Å². The van der Waals surface area contributed by atoms with Crippen LogP contribution < -0.4 is 5.56 Å². The van der Waals surface area contributed by atoms with E-state index in [1.807, 2.05) is 6.07 Å². The molecule has 0 saturated heterocycles. The van der Waals surface area contributed by atoms with Crippen molar-refractivity contribution in [2.75, 3.05) is 7.05 Å². The van der Waals surface area contributed by atoms with E-state index in [-0.39, 0.29) is 18.0 Å². The van der Waals surface area contributed by atoms with Crippen LogP contribution in [0.25, 0.3) is 0 Å². The second kappa shape index (κ2) is 4.65. The van der Waals surface area contributed by atoms with E-state index in [2.05, 4.69) is 0 Å². The Bertz CT molecular complexity index is 579. The van der Waals surface area contributed by atoms with Crippen LogP contribution in [-0.2, 0) is 11.3 Å². The number of carbonyl (C=O) groups is 1. The number of rotatable bonds is 3. The lowest BCUT2D eigenvalue weighted by Crippen LogP contribution is -2.36. The number of hydrogen-bond acceptors (Lipinski definition) is 3. The molecule has 0 spiro atoms. The molecule has 94 valence electrons. The fourth-order valence-corrected chi connectivity index (χ4v) is 1.86. The zero-order valence-electron chi connectivity index (χ0n) is 10.5. The maximum Gasteiger partial charge on any atom is 0.269 e. The Labute approximate surface area is 105 Å². The predicted molar refractivity (Wildman–Crippen MR) is 65.9 cm³/mol. The summed E-state index contributed by atoms with van der Waals surface area (Å²) >= 11 is 0. The summed E-state index contributed by atoms with van der Waals surface area (Å²) in [5.74, 6) is -0.0854. The molecule has 18 heavy (non-hydrogen) atoms. The number of pyridine rings is 1. The zero-order chi connectivity index (χ0) is 13.3. The lowest BCUT2D eigenvalue weighted by Gasteiger charge is -2.18. The molecule has 1 aromatic rings. The Morgan fingerprint density at radius 2 is 2.22 bits per heavy atom. The highest BCUT2D eigenvalue weighted by Gasteiger charge is 2.29. The van der Waals surface area contributed by atoms with Gasteiger partial charge in [-0.3, -0.25) is 9.59 Å². The van der Waals surface area contributed by atoms with Crippen LogP contribution in [0.3, 0.4) is 0 Å². The van der Waals surface area contributed by atoms with E-state index in [0.29, 0.717) is 11.7 Å². The van der Waals surface area contributed by atoms with Gasteiger partial charge in [0.2, 0.25) is 5.91 Å². The maximum atomic E-state index is 12.0. The summed E-state index contributed by atoms with van der Waals surface area (Å²) in [7, 11) is 1.76. The Morgan fingerprint density at radius 1 is 1.56 bits per heavy atom. The minimum Gasteiger partial charge on any atom is -0.341 e. The van der Waals surface area contributed by atoms with Gasteiger partial charge in [-0.05, 0) is 31.9 Å². The van der Waals surface area contributed by atoms with Gasteiger partial charge in [-0.1, -0.05) is 0 Å². The third kappa shape index (κ3) is 2.28. The summed E-state index contributed by atoms with van der Waals surface area (Å²) in [5.41, 5.74) is 0.370. The normalized spacial score (nSPS) is 14.1. The van der Waals surface area contributed by atoms with Gasteiger partial charge in [0, 0.05) is 18.8 Å². The predicted octanol–water partition coefficient (Wildman–Crippen LogP) is 0.649. The van der Waals surface area contributed by atoms with Gasteiger partial charge >= 0.3 is 0 Å². The first-order valence-corrected chi connectivity index (χ1v) is 5.91. The molecule has 5 heteroatoms. The number of carbonyl (C=O) groups excluding carboxylic acids is 1. The van der Waals surface area contributed by atoms with Crippen molar-refractivity contribution < 1.29 is 4.79 Å². The Balaban J connectivity index is 2.26. The molecule has 2 rings (SSSR count). The van der Waals surface area contributed by atoms with Crippen LogP contribution in [0.15, 0.2) is 16.9 Å². The number of amides is 1. The van der Waals surface area contributed by atoms with Crippen LogP contribution >= 0.6 is 0 Å². The molecule has 0 N–H and O–H groups in total. The van der Waals surface area contributed by atoms with Crippen LogP contribution in [0.4, 0.5) is 0 Å². The van der Waals surface area contributed by atoms with Gasteiger partial charge in [0.05, 0.1) is 0 Å². The maximum absolute atomic E-state index is 12.0. The first-order valence-electron chi connectivity index (χ1n) is 5.91. The average Bonchev–Trinajstić information content (AvgIpc) is 3.17. The highest BCUT2D eigenvalue weighted by molar-refractivity contribution is 5.76. The minimum absolute atomic E-state index is 0.00713. The molecule has 1 aliphatic rings. The van der Waals surface area contributed by atoms with Gasteiger partial charge in [-0.2, -0.15) is 5.26 Å². The Kier molecular flexibility index (Phi) is 3.19. The molecule has 0 unspecified atom stereocenters. The van der Waals surface area contributed by atoms with E-state index in [0.717, 1.165) is 12.8 Å². The lowest BCUT2D eigenvalue weighted by molar-refractivity contribution is -0.131. The lowest BCUT2D eigenvalue weighted by atomic mass is 10.2. The van der Waals surface area contributed by atoms with Crippen molar-refractivity contribution in [3.8, 4) is 6.07 Å². The third-order valence-corrected chi connectivity index (χ3v) is 3.29. The first-order chi connectivity index (χ1) is 8.54. The van der Waals surface area contributed by atoms with E-state index >= 15 is 0 Å². The number of likely N-dealkylation sites (N-methyl/N-ethyl adjacent to an activating group) is 1. The topological polar surface area (TPSA) is 66.1 Å². The fourth-order valence-electron chi connectivity index (χ4n) is 1.86. The summed E-state index contributed by atoms with van der Waals surface area (Å²) in [6.45, 7) is 1.76. The smallest absolute Gasteiger partial charge is 0.269 e. The SMILES string of the molecule is Cc1ccc(C#N)c(=O)n1CC(=O)N(C)C1CC1. The number of hydrogen-bond donors (Lipinski definition) is 0. The van der Waals surface area contributed by atoms with E-state index in [1.54, 1.807) is 24.9 Å². The van der Waals surface area contributed by atoms with Crippen LogP contribution in [0.1, 0.15) is 24.1 Å². The van der Waals surface area contributed by atoms with E-state index < -0.39 is 5.56 Å². The molecule has 1 fully saturated rings. The van der Waals surface area contributed by atoms with Crippen molar-refractivity contribution in [1.29, 1.82) is 5.26 Å². The van der Waals surface area contributed by atoms with E-state index in [4.69, 9.17) is 5.26 Å². The fraction of sp³-hybridized carbons (Fsp3) is 0.462. The van der Waals surface area contributed by atoms with Gasteiger partial charge in [0.15, 0.2) is 0 Å². The number of nitriles is 1. The second-order valence-corrected chi connectivity index (χ2v) is 4.63. The standard InChI is InChI=1S/C13H15N3O2/c1-9-3-4-10(7-14)13(18)16(9)8-12(17)15(2)11-5-6-11/h3-4,11H,5-6,8H2,1-2H3. The zero-order valence-corrected chi connectivity index (χ0v) is 10.5. The monoisotopic (exact) mass is 245 g/mol. The third-order valence-electron chi connectivity index (χ3n) is 3.29. The molecule has 1 amide bonds. The molecule has 5 nitrogen and oxygen atoms in total. The molecule has 1 heterocycles. The number of nitrogens with zero attached hydrogens (tertiary/aromatic N) is 3. The number of aromatic nitrogens is 1. The molecular weight excluding hydrogens is 230 g/mol. The first kappa shape index (κ1) is 12.4. The van der Waals surface area contributed by atoms with Gasteiger partial charge in [0.1, 0.15) is 18.2 Å². The molecule has 0 atom stereocenters. The highest BCUT2D eigenvalue weighted by Crippen LogP contribution is 2.25. The molecule has 1 aromatic heterocycles. The van der Waals surface area contributed by atoms with Crippen molar-refractivity contribution in [2.45, 2.75) is 32.4 Å². The summed E-state index contributed by atoms with van der Waals surface area (Å²) in [6.07, 6.45) is 2.07. The van der Waals surface area contributed by atoms with Crippen molar-refractivity contribution in [3.63, 3.8) is 0 Å². The van der Waals surface area contributed by atoms with E-state index in [9.17, 15) is 9.59 Å². The van der Waals surface area contributed by atoms with Crippen LogP contribution in [0, 0.1) is 18.3 Å². The summed E-state index contributed by atoms with van der Waals surface area (Å²) in [4.78, 5) is 25.6. The van der Waals surface area contributed by atoms with Gasteiger partial charge in [-0.25, -0.2) is 0 Å². The molecular formula is C13H15N3O2. The van der Waals surface area contributed by atoms with Crippen molar-refractivity contribution in [3.05, 3.63) is 33.7 Å². The molecule has 0 aliphatic heterocycles. The summed E-state index contributed by atoms with van der Waals surface area (Å²) in [6, 6.07) is 5.34. The van der Waals surface area contributed by atoms with Crippen LogP contribution in [0.2, 0.25) is 0 Å². The average molecular weight is 245 g/mol. The largest absolute Gasteiger partial charge is 0.341 e. The summed E-state index contributed by atoms with van der Waals surface area (Å²) < 4.78 is 1.36. The molecule has 1 saturated carbocycles. The molecule has 0 radical (unpaired) electrons. The number of aryl methyl sites for hydroxylation is 1. The van der Waals surface area contributed by atoms with Gasteiger partial charge in [-0.15, -0.1) is 0 Å². The minimum atomic E-state index is -0.393.